The van der Waals surface area contributed by atoms with Crippen molar-refractivity contribution in [2.45, 2.75) is 26.7 Å². The average molecular weight is 298 g/mol. The van der Waals surface area contributed by atoms with E-state index < -0.39 is 0 Å². The van der Waals surface area contributed by atoms with Crippen molar-refractivity contribution in [2.24, 2.45) is 5.92 Å². The van der Waals surface area contributed by atoms with Crippen molar-refractivity contribution in [1.82, 2.24) is 4.98 Å². The highest BCUT2D eigenvalue weighted by Crippen LogP contribution is 2.22. The van der Waals surface area contributed by atoms with Gasteiger partial charge >= 0.3 is 0 Å². The molecule has 0 saturated carbocycles. The summed E-state index contributed by atoms with van der Waals surface area (Å²) in [4.78, 5) is 18.3. The molecule has 22 heavy (non-hydrogen) atoms. The highest BCUT2D eigenvalue weighted by atomic mass is 16.2. The number of aryl methyl sites for hydroxylation is 1. The lowest BCUT2D eigenvalue weighted by molar-refractivity contribution is -0.897. The maximum absolute atomic E-state index is 12.4. The quantitative estimate of drug-likeness (QED) is 0.907. The Morgan fingerprint density at radius 3 is 2.82 bits per heavy atom. The average Bonchev–Trinajstić information content (AvgIpc) is 2.49. The smallest absolute Gasteiger partial charge is 0.279 e. The largest absolute Gasteiger partial charge is 0.327 e. The minimum Gasteiger partial charge on any atom is -0.327 e. The first kappa shape index (κ1) is 15.0. The zero-order valence-corrected chi connectivity index (χ0v) is 13.4. The second-order valence-electron chi connectivity index (χ2n) is 6.49. The zero-order valence-electron chi connectivity index (χ0n) is 13.4. The Labute approximate surface area is 131 Å². The predicted molar refractivity (Wildman–Crippen MR) is 89.1 cm³/mol. The zero-order chi connectivity index (χ0) is 15.5. The number of nitrogens with one attached hydrogen (secondary N) is 2. The molecular formula is C18H24N3O+. The lowest BCUT2D eigenvalue weighted by atomic mass is 9.99. The van der Waals surface area contributed by atoms with Gasteiger partial charge in [0.05, 0.1) is 24.3 Å². The van der Waals surface area contributed by atoms with E-state index in [1.165, 1.54) is 17.7 Å². The molecule has 1 aromatic heterocycles. The van der Waals surface area contributed by atoms with E-state index in [0.29, 0.717) is 6.54 Å². The Hall–Kier alpha value is -1.94. The summed E-state index contributed by atoms with van der Waals surface area (Å²) < 4.78 is 0. The number of quaternary nitrogens is 1. The number of anilines is 1. The fraction of sp³-hybridized carbons (Fsp3) is 0.444. The monoisotopic (exact) mass is 298 g/mol. The highest BCUT2D eigenvalue weighted by molar-refractivity contribution is 6.01. The normalized spacial score (nSPS) is 21.7. The molecule has 1 amide bonds. The summed E-state index contributed by atoms with van der Waals surface area (Å²) in [7, 11) is 0. The molecule has 0 aliphatic carbocycles. The SMILES string of the molecule is Cc1cc(NC(=O)C[NH+]2CCC(C)CC2)c2ccccc2n1. The second kappa shape index (κ2) is 6.44. The molecule has 0 spiro atoms. The van der Waals surface area contributed by atoms with Crippen LogP contribution in [0.4, 0.5) is 5.69 Å². The molecule has 1 aliphatic heterocycles. The first-order valence-electron chi connectivity index (χ1n) is 8.11. The van der Waals surface area contributed by atoms with E-state index in [1.54, 1.807) is 0 Å². The first-order valence-corrected chi connectivity index (χ1v) is 8.11. The van der Waals surface area contributed by atoms with Gasteiger partial charge in [0.15, 0.2) is 6.54 Å². The molecule has 1 aromatic carbocycles. The number of carbonyl (C=O) groups is 1. The lowest BCUT2D eigenvalue weighted by Crippen LogP contribution is -3.14. The number of hydrogen-bond donors (Lipinski definition) is 2. The summed E-state index contributed by atoms with van der Waals surface area (Å²) in [5, 5.41) is 4.09. The van der Waals surface area contributed by atoms with Gasteiger partial charge in [0, 0.05) is 11.1 Å². The molecule has 0 atom stereocenters. The molecular weight excluding hydrogens is 274 g/mol. The fourth-order valence-corrected chi connectivity index (χ4v) is 3.18. The van der Waals surface area contributed by atoms with E-state index in [1.807, 2.05) is 37.3 Å². The molecule has 0 radical (unpaired) electrons. The van der Waals surface area contributed by atoms with E-state index in [-0.39, 0.29) is 5.91 Å². The van der Waals surface area contributed by atoms with Gasteiger partial charge in [0.25, 0.3) is 5.91 Å². The van der Waals surface area contributed by atoms with Crippen LogP contribution in [0, 0.1) is 12.8 Å². The van der Waals surface area contributed by atoms with Crippen LogP contribution in [-0.4, -0.2) is 30.5 Å². The van der Waals surface area contributed by atoms with Crippen LogP contribution in [0.1, 0.15) is 25.5 Å². The Balaban J connectivity index is 1.71. The number of rotatable bonds is 3. The van der Waals surface area contributed by atoms with Crippen LogP contribution in [0.3, 0.4) is 0 Å². The second-order valence-corrected chi connectivity index (χ2v) is 6.49. The van der Waals surface area contributed by atoms with Gasteiger partial charge < -0.3 is 10.2 Å². The topological polar surface area (TPSA) is 46.4 Å². The number of aromatic nitrogens is 1. The summed E-state index contributed by atoms with van der Waals surface area (Å²) in [5.74, 6) is 0.902. The van der Waals surface area contributed by atoms with Crippen LogP contribution < -0.4 is 10.2 Å². The van der Waals surface area contributed by atoms with Crippen molar-refractivity contribution in [3.8, 4) is 0 Å². The Morgan fingerprint density at radius 1 is 1.32 bits per heavy atom. The minimum absolute atomic E-state index is 0.0975. The summed E-state index contributed by atoms with van der Waals surface area (Å²) in [6.07, 6.45) is 2.44. The molecule has 2 N–H and O–H groups in total. The third-order valence-electron chi connectivity index (χ3n) is 4.51. The van der Waals surface area contributed by atoms with Crippen molar-refractivity contribution in [3.63, 3.8) is 0 Å². The standard InChI is InChI=1S/C18H23N3O/c1-13-7-9-21(10-8-13)12-18(22)20-17-11-14(2)19-16-6-4-3-5-15(16)17/h3-6,11,13H,7-10,12H2,1-2H3,(H,19,20,22)/p+1. The van der Waals surface area contributed by atoms with Crippen LogP contribution in [0.25, 0.3) is 10.9 Å². The Kier molecular flexibility index (Phi) is 4.39. The lowest BCUT2D eigenvalue weighted by Gasteiger charge is -2.26. The van der Waals surface area contributed by atoms with Gasteiger partial charge in [-0.1, -0.05) is 25.1 Å². The predicted octanol–water partition coefficient (Wildman–Crippen LogP) is 1.80. The number of nitrogens with zero attached hydrogens (tertiary/aromatic N) is 1. The van der Waals surface area contributed by atoms with Crippen molar-refractivity contribution in [1.29, 1.82) is 0 Å². The van der Waals surface area contributed by atoms with Gasteiger partial charge in [-0.05, 0) is 37.8 Å². The number of fused-ring (bicyclic) bond motifs is 1. The van der Waals surface area contributed by atoms with Crippen molar-refractivity contribution >= 4 is 22.5 Å². The maximum atomic E-state index is 12.4. The van der Waals surface area contributed by atoms with Crippen LogP contribution in [0.5, 0.6) is 0 Å². The van der Waals surface area contributed by atoms with Crippen LogP contribution in [0.15, 0.2) is 30.3 Å². The van der Waals surface area contributed by atoms with Crippen LogP contribution in [-0.2, 0) is 4.79 Å². The molecule has 1 saturated heterocycles. The number of likely N-dealkylation sites (tertiary alicyclic amines) is 1. The Bertz CT molecular complexity index is 675. The number of carbonyl (C=O) groups excluding carboxylic acids is 1. The molecule has 3 rings (SSSR count). The molecule has 4 nitrogen and oxygen atoms in total. The van der Waals surface area contributed by atoms with Crippen molar-refractivity contribution in [3.05, 3.63) is 36.0 Å². The summed E-state index contributed by atoms with van der Waals surface area (Å²) in [5.41, 5.74) is 2.72. The molecule has 0 bridgehead atoms. The van der Waals surface area contributed by atoms with Crippen LogP contribution in [0.2, 0.25) is 0 Å². The summed E-state index contributed by atoms with van der Waals surface area (Å²) in [6, 6.07) is 9.89. The molecule has 2 aromatic rings. The number of piperidine rings is 1. The Morgan fingerprint density at radius 2 is 2.05 bits per heavy atom. The number of hydrogen-bond acceptors (Lipinski definition) is 2. The van der Waals surface area contributed by atoms with Gasteiger partial charge in [-0.15, -0.1) is 0 Å². The molecule has 1 aliphatic rings. The molecule has 116 valence electrons. The van der Waals surface area contributed by atoms with Crippen molar-refractivity contribution in [2.75, 3.05) is 25.0 Å². The molecule has 2 heterocycles. The first-order chi connectivity index (χ1) is 10.6. The van der Waals surface area contributed by atoms with E-state index >= 15 is 0 Å². The number of amides is 1. The van der Waals surface area contributed by atoms with Gasteiger partial charge in [0.2, 0.25) is 0 Å². The van der Waals surface area contributed by atoms with E-state index in [2.05, 4.69) is 17.2 Å². The van der Waals surface area contributed by atoms with Gasteiger partial charge in [0.1, 0.15) is 0 Å². The molecule has 0 unspecified atom stereocenters. The van der Waals surface area contributed by atoms with E-state index in [4.69, 9.17) is 0 Å². The van der Waals surface area contributed by atoms with Crippen LogP contribution >= 0.6 is 0 Å². The number of benzene rings is 1. The molecule has 4 heteroatoms. The summed E-state index contributed by atoms with van der Waals surface area (Å²) in [6.45, 7) is 7.01. The number of pyridine rings is 1. The third kappa shape index (κ3) is 3.45. The number of para-hydroxylation sites is 1. The fourth-order valence-electron chi connectivity index (χ4n) is 3.18. The van der Waals surface area contributed by atoms with Gasteiger partial charge in [-0.3, -0.25) is 9.78 Å². The van der Waals surface area contributed by atoms with E-state index in [0.717, 1.165) is 41.3 Å². The van der Waals surface area contributed by atoms with E-state index in [9.17, 15) is 4.79 Å². The molecule has 1 fully saturated rings. The highest BCUT2D eigenvalue weighted by Gasteiger charge is 2.21. The van der Waals surface area contributed by atoms with Crippen molar-refractivity contribution < 1.29 is 9.69 Å². The third-order valence-corrected chi connectivity index (χ3v) is 4.51. The summed E-state index contributed by atoms with van der Waals surface area (Å²) >= 11 is 0. The van der Waals surface area contributed by atoms with Gasteiger partial charge in [-0.2, -0.15) is 0 Å². The van der Waals surface area contributed by atoms with Gasteiger partial charge in [-0.25, -0.2) is 0 Å². The maximum Gasteiger partial charge on any atom is 0.279 e. The minimum atomic E-state index is 0.0975.